The first kappa shape index (κ1) is 17.2. The summed E-state index contributed by atoms with van der Waals surface area (Å²) in [5.41, 5.74) is 4.95. The van der Waals surface area contributed by atoms with Crippen LogP contribution in [0.25, 0.3) is 0 Å². The van der Waals surface area contributed by atoms with Gasteiger partial charge in [-0.3, -0.25) is 4.79 Å². The van der Waals surface area contributed by atoms with E-state index in [9.17, 15) is 18.0 Å². The second-order valence-corrected chi connectivity index (χ2v) is 4.82. The molecule has 0 aliphatic heterocycles. The number of hydrogen-bond donors (Lipinski definition) is 3. The van der Waals surface area contributed by atoms with Crippen molar-refractivity contribution in [2.24, 2.45) is 5.73 Å². The average molecular weight is 319 g/mol. The van der Waals surface area contributed by atoms with Gasteiger partial charge >= 0.3 is 6.18 Å². The number of carbonyl (C=O) groups is 1. The van der Waals surface area contributed by atoms with Crippen LogP contribution in [-0.4, -0.2) is 23.5 Å². The van der Waals surface area contributed by atoms with E-state index in [4.69, 9.17) is 18.0 Å². The van der Waals surface area contributed by atoms with Gasteiger partial charge in [0.05, 0.1) is 5.56 Å². The summed E-state index contributed by atoms with van der Waals surface area (Å²) in [7, 11) is 0. The minimum absolute atomic E-state index is 0.0518. The molecule has 4 N–H and O–H groups in total. The zero-order valence-electron chi connectivity index (χ0n) is 11.5. The Morgan fingerprint density at radius 3 is 2.52 bits per heavy atom. The number of carbonyl (C=O) groups excluding carboxylic acids is 1. The highest BCUT2D eigenvalue weighted by Gasteiger charge is 2.31. The summed E-state index contributed by atoms with van der Waals surface area (Å²) in [6.45, 7) is 3.81. The molecule has 0 bridgehead atoms. The van der Waals surface area contributed by atoms with Crippen LogP contribution in [0.4, 0.5) is 18.9 Å². The van der Waals surface area contributed by atoms with Crippen molar-refractivity contribution in [2.75, 3.05) is 11.9 Å². The first-order valence-electron chi connectivity index (χ1n) is 6.22. The Morgan fingerprint density at radius 2 is 2.05 bits per heavy atom. The third-order valence-electron chi connectivity index (χ3n) is 2.73. The Balaban J connectivity index is 3.08. The minimum atomic E-state index is -4.48. The number of likely N-dealkylation sites (N-methyl/N-ethyl adjacent to an activating group) is 1. The second-order valence-electron chi connectivity index (χ2n) is 4.38. The smallest absolute Gasteiger partial charge is 0.389 e. The standard InChI is InChI=1S/C13H16F3N3OS/c1-3-18-12(20)7(2)19-10-5-4-8(13(14,15)16)6-9(10)11(17)21/h4-7,19H,3H2,1-2H3,(H2,17,21)(H,18,20). The van der Waals surface area contributed by atoms with Gasteiger partial charge in [0.1, 0.15) is 11.0 Å². The highest BCUT2D eigenvalue weighted by atomic mass is 32.1. The van der Waals surface area contributed by atoms with Crippen LogP contribution < -0.4 is 16.4 Å². The maximum absolute atomic E-state index is 12.7. The van der Waals surface area contributed by atoms with Gasteiger partial charge in [0.15, 0.2) is 0 Å². The fraction of sp³-hybridized carbons (Fsp3) is 0.385. The lowest BCUT2D eigenvalue weighted by atomic mass is 10.1. The van der Waals surface area contributed by atoms with E-state index in [-0.39, 0.29) is 22.1 Å². The van der Waals surface area contributed by atoms with Crippen molar-refractivity contribution < 1.29 is 18.0 Å². The zero-order valence-corrected chi connectivity index (χ0v) is 12.4. The summed E-state index contributed by atoms with van der Waals surface area (Å²) >= 11 is 4.77. The van der Waals surface area contributed by atoms with E-state index in [1.165, 1.54) is 6.07 Å². The molecule has 1 rings (SSSR count). The van der Waals surface area contributed by atoms with Crippen molar-refractivity contribution in [3.63, 3.8) is 0 Å². The average Bonchev–Trinajstić information content (AvgIpc) is 2.37. The van der Waals surface area contributed by atoms with Crippen LogP contribution >= 0.6 is 12.2 Å². The van der Waals surface area contributed by atoms with E-state index in [0.717, 1.165) is 12.1 Å². The molecule has 0 saturated carbocycles. The number of nitrogens with two attached hydrogens (primary N) is 1. The van der Waals surface area contributed by atoms with Crippen molar-refractivity contribution in [3.05, 3.63) is 29.3 Å². The lowest BCUT2D eigenvalue weighted by Gasteiger charge is -2.18. The zero-order chi connectivity index (χ0) is 16.2. The Labute approximate surface area is 125 Å². The number of rotatable bonds is 5. The second kappa shape index (κ2) is 6.75. The first-order valence-corrected chi connectivity index (χ1v) is 6.63. The summed E-state index contributed by atoms with van der Waals surface area (Å²) in [5.74, 6) is -0.272. The SMILES string of the molecule is CCNC(=O)C(C)Nc1ccc(C(F)(F)F)cc1C(N)=S. The van der Waals surface area contributed by atoms with Gasteiger partial charge in [0.25, 0.3) is 0 Å². The van der Waals surface area contributed by atoms with Crippen molar-refractivity contribution in [2.45, 2.75) is 26.1 Å². The third-order valence-corrected chi connectivity index (χ3v) is 2.95. The summed E-state index contributed by atoms with van der Waals surface area (Å²) in [6, 6.07) is 2.37. The Hall–Kier alpha value is -1.83. The van der Waals surface area contributed by atoms with E-state index < -0.39 is 17.8 Å². The van der Waals surface area contributed by atoms with Crippen molar-refractivity contribution >= 4 is 28.8 Å². The van der Waals surface area contributed by atoms with E-state index in [1.54, 1.807) is 13.8 Å². The number of thiocarbonyl (C=S) groups is 1. The summed E-state index contributed by atoms with van der Waals surface area (Å²) in [6.07, 6.45) is -4.48. The van der Waals surface area contributed by atoms with E-state index in [1.807, 2.05) is 0 Å². The van der Waals surface area contributed by atoms with Gasteiger partial charge in [-0.05, 0) is 32.0 Å². The molecule has 8 heteroatoms. The molecule has 0 aromatic heterocycles. The van der Waals surface area contributed by atoms with Gasteiger partial charge in [-0.1, -0.05) is 12.2 Å². The van der Waals surface area contributed by atoms with Crippen LogP contribution in [0, 0.1) is 0 Å². The van der Waals surface area contributed by atoms with Crippen LogP contribution in [0.1, 0.15) is 25.0 Å². The monoisotopic (exact) mass is 319 g/mol. The number of halogens is 3. The van der Waals surface area contributed by atoms with Gasteiger partial charge < -0.3 is 16.4 Å². The fourth-order valence-electron chi connectivity index (χ4n) is 1.68. The molecule has 0 fully saturated rings. The molecule has 1 amide bonds. The molecule has 1 aromatic carbocycles. The molecule has 0 spiro atoms. The fourth-order valence-corrected chi connectivity index (χ4v) is 1.85. The predicted octanol–water partition coefficient (Wildman–Crippen LogP) is 2.28. The Bertz CT molecular complexity index is 546. The van der Waals surface area contributed by atoms with Crippen LogP contribution in [0.5, 0.6) is 0 Å². The molecule has 0 heterocycles. The predicted molar refractivity (Wildman–Crippen MR) is 79.1 cm³/mol. The van der Waals surface area contributed by atoms with Crippen molar-refractivity contribution in [3.8, 4) is 0 Å². The van der Waals surface area contributed by atoms with Crippen molar-refractivity contribution in [1.82, 2.24) is 5.32 Å². The normalized spacial score (nSPS) is 12.6. The highest BCUT2D eigenvalue weighted by molar-refractivity contribution is 7.80. The highest BCUT2D eigenvalue weighted by Crippen LogP contribution is 2.32. The molecule has 0 aliphatic carbocycles. The third kappa shape index (κ3) is 4.59. The molecule has 0 aliphatic rings. The lowest BCUT2D eigenvalue weighted by molar-refractivity contribution is -0.137. The topological polar surface area (TPSA) is 67.2 Å². The maximum atomic E-state index is 12.7. The summed E-state index contributed by atoms with van der Waals surface area (Å²) < 4.78 is 38.1. The molecular weight excluding hydrogens is 303 g/mol. The van der Waals surface area contributed by atoms with E-state index in [0.29, 0.717) is 6.54 Å². The number of hydrogen-bond acceptors (Lipinski definition) is 3. The molecule has 0 radical (unpaired) electrons. The van der Waals surface area contributed by atoms with Crippen molar-refractivity contribution in [1.29, 1.82) is 0 Å². The molecule has 4 nitrogen and oxygen atoms in total. The molecular formula is C13H16F3N3OS. The van der Waals surface area contributed by atoms with Crippen LogP contribution in [0.15, 0.2) is 18.2 Å². The largest absolute Gasteiger partial charge is 0.416 e. The van der Waals surface area contributed by atoms with E-state index >= 15 is 0 Å². The van der Waals surface area contributed by atoms with Gasteiger partial charge in [-0.2, -0.15) is 13.2 Å². The van der Waals surface area contributed by atoms with Crippen LogP contribution in [0.2, 0.25) is 0 Å². The van der Waals surface area contributed by atoms with E-state index in [2.05, 4.69) is 10.6 Å². The Kier molecular flexibility index (Phi) is 5.54. The number of amides is 1. The number of anilines is 1. The van der Waals surface area contributed by atoms with Crippen LogP contribution in [-0.2, 0) is 11.0 Å². The Morgan fingerprint density at radius 1 is 1.43 bits per heavy atom. The quantitative estimate of drug-likeness (QED) is 0.729. The summed E-state index contributed by atoms with van der Waals surface area (Å²) in [5, 5.41) is 5.41. The minimum Gasteiger partial charge on any atom is -0.389 e. The lowest BCUT2D eigenvalue weighted by Crippen LogP contribution is -2.37. The molecule has 1 atom stereocenters. The number of benzene rings is 1. The maximum Gasteiger partial charge on any atom is 0.416 e. The summed E-state index contributed by atoms with van der Waals surface area (Å²) in [4.78, 5) is 11.5. The molecule has 21 heavy (non-hydrogen) atoms. The molecule has 1 unspecified atom stereocenters. The van der Waals surface area contributed by atoms with Crippen LogP contribution in [0.3, 0.4) is 0 Å². The number of nitrogens with one attached hydrogen (secondary N) is 2. The molecule has 116 valence electrons. The van der Waals surface area contributed by atoms with Gasteiger partial charge in [-0.15, -0.1) is 0 Å². The van der Waals surface area contributed by atoms with Gasteiger partial charge in [0.2, 0.25) is 5.91 Å². The van der Waals surface area contributed by atoms with Gasteiger partial charge in [0, 0.05) is 17.8 Å². The molecule has 1 aromatic rings. The molecule has 0 saturated heterocycles. The number of alkyl halides is 3. The first-order chi connectivity index (χ1) is 9.66. The van der Waals surface area contributed by atoms with Gasteiger partial charge in [-0.25, -0.2) is 0 Å².